The molecule has 0 amide bonds. The van der Waals surface area contributed by atoms with Crippen molar-refractivity contribution in [1.29, 1.82) is 0 Å². The third-order valence-electron chi connectivity index (χ3n) is 3.38. The largest absolute Gasteiger partial charge is 1.00 e. The van der Waals surface area contributed by atoms with Crippen LogP contribution in [0.3, 0.4) is 0 Å². The van der Waals surface area contributed by atoms with Gasteiger partial charge in [-0.3, -0.25) is 0 Å². The molecule has 0 aromatic carbocycles. The summed E-state index contributed by atoms with van der Waals surface area (Å²) in [5.74, 6) is -4.21. The van der Waals surface area contributed by atoms with Crippen LogP contribution in [0.2, 0.25) is 0 Å². The maximum Gasteiger partial charge on any atom is 1.00 e. The van der Waals surface area contributed by atoms with Crippen LogP contribution in [0.5, 0.6) is 0 Å². The van der Waals surface area contributed by atoms with Crippen LogP contribution in [0.4, 0.5) is 0 Å². The van der Waals surface area contributed by atoms with E-state index in [1.807, 2.05) is 13.8 Å². The number of aliphatic carboxylic acids is 2. The van der Waals surface area contributed by atoms with Gasteiger partial charge in [-0.2, -0.15) is 0 Å². The van der Waals surface area contributed by atoms with Crippen molar-refractivity contribution in [2.45, 2.75) is 33.1 Å². The summed E-state index contributed by atoms with van der Waals surface area (Å²) in [6.45, 7) is 3.83. The zero-order chi connectivity index (χ0) is 11.6. The number of carboxylic acid groups (broad SMARTS) is 2. The molecule has 6 heteroatoms. The van der Waals surface area contributed by atoms with Gasteiger partial charge in [-0.1, -0.05) is 20.3 Å². The molecule has 86 valence electrons. The summed E-state index contributed by atoms with van der Waals surface area (Å²) < 4.78 is 0. The molecule has 0 aliphatic heterocycles. The number of carbonyl (C=O) groups is 2. The van der Waals surface area contributed by atoms with Gasteiger partial charge in [0.15, 0.2) is 0 Å². The van der Waals surface area contributed by atoms with E-state index < -0.39 is 23.8 Å². The van der Waals surface area contributed by atoms with Crippen LogP contribution in [0.1, 0.15) is 33.1 Å². The topological polar surface area (TPSA) is 80.3 Å². The molecular formula is C11H16Li2O4. The number of hydrogen-bond acceptors (Lipinski definition) is 4. The Kier molecular flexibility index (Phi) is 9.48. The van der Waals surface area contributed by atoms with Gasteiger partial charge >= 0.3 is 37.7 Å². The van der Waals surface area contributed by atoms with E-state index in [1.165, 1.54) is 0 Å². The minimum atomic E-state index is -1.26. The number of hydrogen-bond donors (Lipinski definition) is 0. The van der Waals surface area contributed by atoms with Crippen LogP contribution in [0, 0.1) is 23.7 Å². The average molecular weight is 226 g/mol. The zero-order valence-electron chi connectivity index (χ0n) is 11.1. The predicted molar refractivity (Wildman–Crippen MR) is 49.2 cm³/mol. The number of carbonyl (C=O) groups excluding carboxylic acids is 2. The second-order valence-corrected chi connectivity index (χ2v) is 4.61. The maximum absolute atomic E-state index is 11.0. The Morgan fingerprint density at radius 3 is 1.94 bits per heavy atom. The third-order valence-corrected chi connectivity index (χ3v) is 3.38. The summed E-state index contributed by atoms with van der Waals surface area (Å²) in [6.07, 6.45) is 1.91. The molecule has 1 rings (SSSR count). The molecular weight excluding hydrogens is 210 g/mol. The summed E-state index contributed by atoms with van der Waals surface area (Å²) in [5, 5.41) is 21.8. The van der Waals surface area contributed by atoms with E-state index >= 15 is 0 Å². The Morgan fingerprint density at radius 1 is 1.06 bits per heavy atom. The Morgan fingerprint density at radius 2 is 1.59 bits per heavy atom. The molecule has 4 nitrogen and oxygen atoms in total. The van der Waals surface area contributed by atoms with Crippen molar-refractivity contribution < 1.29 is 57.5 Å². The molecule has 0 aromatic rings. The van der Waals surface area contributed by atoms with Crippen molar-refractivity contribution in [1.82, 2.24) is 0 Å². The molecule has 0 aromatic heterocycles. The van der Waals surface area contributed by atoms with E-state index in [2.05, 4.69) is 0 Å². The molecule has 0 N–H and O–H groups in total. The van der Waals surface area contributed by atoms with Gasteiger partial charge in [0, 0.05) is 23.8 Å². The van der Waals surface area contributed by atoms with Gasteiger partial charge in [0.25, 0.3) is 0 Å². The first-order chi connectivity index (χ1) is 6.95. The standard InChI is InChI=1S/C11H18O4.2Li/c1-6(2)7-4-3-5-8(10(12)13)9(7)11(14)15;;/h6-9H,3-5H2,1-2H3,(H,12,13)(H,14,15);;/q;2*+1/p-2. The van der Waals surface area contributed by atoms with Crippen LogP contribution in [-0.2, 0) is 9.59 Å². The minimum Gasteiger partial charge on any atom is -0.550 e. The first kappa shape index (κ1) is 19.5. The second-order valence-electron chi connectivity index (χ2n) is 4.61. The quantitative estimate of drug-likeness (QED) is 0.448. The second kappa shape index (κ2) is 8.27. The molecule has 0 bridgehead atoms. The Hall–Kier alpha value is 0.135. The molecule has 3 unspecified atom stereocenters. The monoisotopic (exact) mass is 226 g/mol. The van der Waals surface area contributed by atoms with Gasteiger partial charge in [0.1, 0.15) is 0 Å². The Labute approximate surface area is 126 Å². The van der Waals surface area contributed by atoms with Gasteiger partial charge in [-0.15, -0.1) is 0 Å². The van der Waals surface area contributed by atoms with E-state index in [9.17, 15) is 19.8 Å². The van der Waals surface area contributed by atoms with Crippen molar-refractivity contribution in [3.63, 3.8) is 0 Å². The molecule has 0 saturated heterocycles. The average Bonchev–Trinajstić information content (AvgIpc) is 2.16. The van der Waals surface area contributed by atoms with E-state index in [-0.39, 0.29) is 49.6 Å². The summed E-state index contributed by atoms with van der Waals surface area (Å²) in [4.78, 5) is 21.8. The van der Waals surface area contributed by atoms with Crippen LogP contribution in [-0.4, -0.2) is 11.9 Å². The molecule has 1 aliphatic carbocycles. The van der Waals surface area contributed by atoms with E-state index in [0.29, 0.717) is 6.42 Å². The Balaban J connectivity index is 0. The van der Waals surface area contributed by atoms with Gasteiger partial charge in [-0.25, -0.2) is 0 Å². The fourth-order valence-corrected chi connectivity index (χ4v) is 2.58. The molecule has 0 radical (unpaired) electrons. The van der Waals surface area contributed by atoms with Crippen LogP contribution < -0.4 is 47.9 Å². The fraction of sp³-hybridized carbons (Fsp3) is 0.818. The Bertz CT molecular complexity index is 268. The summed E-state index contributed by atoms with van der Waals surface area (Å²) in [7, 11) is 0. The van der Waals surface area contributed by atoms with Gasteiger partial charge < -0.3 is 19.8 Å². The van der Waals surface area contributed by atoms with Crippen molar-refractivity contribution in [3.05, 3.63) is 0 Å². The molecule has 0 spiro atoms. The zero-order valence-corrected chi connectivity index (χ0v) is 11.1. The smallest absolute Gasteiger partial charge is 0.550 e. The molecule has 1 saturated carbocycles. The van der Waals surface area contributed by atoms with Gasteiger partial charge in [0.05, 0.1) is 0 Å². The van der Waals surface area contributed by atoms with Gasteiger partial charge in [0.2, 0.25) is 0 Å². The molecule has 0 heterocycles. The van der Waals surface area contributed by atoms with Crippen molar-refractivity contribution >= 4 is 11.9 Å². The van der Waals surface area contributed by atoms with Crippen molar-refractivity contribution in [2.24, 2.45) is 23.7 Å². The summed E-state index contributed by atoms with van der Waals surface area (Å²) in [6, 6.07) is 0. The molecule has 3 atom stereocenters. The van der Waals surface area contributed by atoms with Crippen LogP contribution in [0.15, 0.2) is 0 Å². The summed E-state index contributed by atoms with van der Waals surface area (Å²) >= 11 is 0. The van der Waals surface area contributed by atoms with E-state index in [4.69, 9.17) is 0 Å². The normalized spacial score (nSPS) is 27.8. The first-order valence-electron chi connectivity index (χ1n) is 5.37. The molecule has 1 aliphatic rings. The molecule has 1 fully saturated rings. The van der Waals surface area contributed by atoms with E-state index in [0.717, 1.165) is 12.8 Å². The summed E-state index contributed by atoms with van der Waals surface area (Å²) in [5.41, 5.74) is 0. The van der Waals surface area contributed by atoms with Crippen molar-refractivity contribution in [2.75, 3.05) is 0 Å². The SMILES string of the molecule is CC(C)C1CCCC(C(=O)[O-])C1C(=O)[O-].[Li+].[Li+]. The first-order valence-corrected chi connectivity index (χ1v) is 5.37. The minimum absolute atomic E-state index is 0. The fourth-order valence-electron chi connectivity index (χ4n) is 2.58. The molecule has 17 heavy (non-hydrogen) atoms. The number of rotatable bonds is 3. The predicted octanol–water partition coefficient (Wildman–Crippen LogP) is -6.82. The van der Waals surface area contributed by atoms with Gasteiger partial charge in [-0.05, 0) is 24.7 Å². The van der Waals surface area contributed by atoms with E-state index in [1.54, 1.807) is 0 Å². The van der Waals surface area contributed by atoms with Crippen molar-refractivity contribution in [3.8, 4) is 0 Å². The third kappa shape index (κ3) is 4.72. The van der Waals surface area contributed by atoms with Crippen LogP contribution >= 0.6 is 0 Å². The van der Waals surface area contributed by atoms with Crippen LogP contribution in [0.25, 0.3) is 0 Å². The number of carboxylic acids is 2. The maximum atomic E-state index is 11.0.